The van der Waals surface area contributed by atoms with Gasteiger partial charge >= 0.3 is 0 Å². The van der Waals surface area contributed by atoms with Crippen LogP contribution in [0.2, 0.25) is 0 Å². The molecule has 1 amide bonds. The number of nitrogens with two attached hydrogens (primary N) is 1. The van der Waals surface area contributed by atoms with Gasteiger partial charge in [0.25, 0.3) is 5.91 Å². The molecular weight excluding hydrogens is 262 g/mol. The number of rotatable bonds is 7. The highest BCUT2D eigenvalue weighted by atomic mass is 16.2. The molecule has 1 aromatic heterocycles. The first-order valence-electron chi connectivity index (χ1n) is 7.67. The Labute approximate surface area is 127 Å². The second kappa shape index (κ2) is 9.95. The third kappa shape index (κ3) is 5.57. The van der Waals surface area contributed by atoms with E-state index in [4.69, 9.17) is 5.73 Å². The lowest BCUT2D eigenvalue weighted by atomic mass is 10.1. The smallest absolute Gasteiger partial charge is 0.273 e. The van der Waals surface area contributed by atoms with Gasteiger partial charge in [-0.25, -0.2) is 4.98 Å². The van der Waals surface area contributed by atoms with Gasteiger partial charge in [-0.2, -0.15) is 0 Å². The standard InChI is InChI=1S/C17H25N3O/c1-3-5-13-20(14-6-4-2)17(21)16-15(9-7-11-18)10-8-12-19-16/h8,10,12H,3-6,11,13-14,18H2,1-2H3. The van der Waals surface area contributed by atoms with Gasteiger partial charge in [-0.15, -0.1) is 0 Å². The molecule has 0 saturated carbocycles. The van der Waals surface area contributed by atoms with E-state index in [1.54, 1.807) is 12.3 Å². The lowest BCUT2D eigenvalue weighted by molar-refractivity contribution is 0.0745. The maximum atomic E-state index is 12.7. The number of unbranched alkanes of at least 4 members (excludes halogenated alkanes) is 2. The van der Waals surface area contributed by atoms with Crippen molar-refractivity contribution in [3.8, 4) is 11.8 Å². The van der Waals surface area contributed by atoms with Crippen molar-refractivity contribution in [1.82, 2.24) is 9.88 Å². The maximum Gasteiger partial charge on any atom is 0.273 e. The van der Waals surface area contributed by atoms with Crippen LogP contribution in [0.15, 0.2) is 18.3 Å². The minimum Gasteiger partial charge on any atom is -0.337 e. The number of nitrogens with zero attached hydrogens (tertiary/aromatic N) is 2. The highest BCUT2D eigenvalue weighted by Gasteiger charge is 2.18. The van der Waals surface area contributed by atoms with Crippen molar-refractivity contribution < 1.29 is 4.79 Å². The molecule has 0 unspecified atom stereocenters. The van der Waals surface area contributed by atoms with Gasteiger partial charge in [0.15, 0.2) is 0 Å². The van der Waals surface area contributed by atoms with Crippen molar-refractivity contribution in [3.63, 3.8) is 0 Å². The van der Waals surface area contributed by atoms with Gasteiger partial charge in [-0.1, -0.05) is 38.5 Å². The number of carbonyl (C=O) groups is 1. The Kier molecular flexibility index (Phi) is 8.15. The summed E-state index contributed by atoms with van der Waals surface area (Å²) in [6, 6.07) is 3.61. The fourth-order valence-corrected chi connectivity index (χ4v) is 1.99. The van der Waals surface area contributed by atoms with Crippen LogP contribution in [0.3, 0.4) is 0 Å². The van der Waals surface area contributed by atoms with Crippen molar-refractivity contribution >= 4 is 5.91 Å². The Hall–Kier alpha value is -1.86. The van der Waals surface area contributed by atoms with E-state index in [9.17, 15) is 4.79 Å². The van der Waals surface area contributed by atoms with Crippen LogP contribution in [0.25, 0.3) is 0 Å². The summed E-state index contributed by atoms with van der Waals surface area (Å²) in [4.78, 5) is 18.8. The first kappa shape index (κ1) is 17.2. The van der Waals surface area contributed by atoms with Crippen molar-refractivity contribution in [2.24, 2.45) is 5.73 Å². The molecule has 1 aromatic rings. The average molecular weight is 287 g/mol. The monoisotopic (exact) mass is 287 g/mol. The van der Waals surface area contributed by atoms with Crippen molar-refractivity contribution in [1.29, 1.82) is 0 Å². The second-order valence-corrected chi connectivity index (χ2v) is 4.90. The zero-order chi connectivity index (χ0) is 15.5. The maximum absolute atomic E-state index is 12.7. The topological polar surface area (TPSA) is 59.2 Å². The van der Waals surface area contributed by atoms with Crippen molar-refractivity contribution in [2.45, 2.75) is 39.5 Å². The van der Waals surface area contributed by atoms with Crippen LogP contribution in [-0.2, 0) is 0 Å². The molecule has 0 aliphatic carbocycles. The Morgan fingerprint density at radius 1 is 1.29 bits per heavy atom. The van der Waals surface area contributed by atoms with Crippen LogP contribution in [0, 0.1) is 11.8 Å². The molecule has 21 heavy (non-hydrogen) atoms. The molecule has 1 rings (SSSR count). The summed E-state index contributed by atoms with van der Waals surface area (Å²) in [5, 5.41) is 0. The predicted molar refractivity (Wildman–Crippen MR) is 85.9 cm³/mol. The van der Waals surface area contributed by atoms with Crippen LogP contribution >= 0.6 is 0 Å². The summed E-state index contributed by atoms with van der Waals surface area (Å²) < 4.78 is 0. The van der Waals surface area contributed by atoms with E-state index in [1.165, 1.54) is 0 Å². The number of amides is 1. The van der Waals surface area contributed by atoms with Gasteiger partial charge in [0.1, 0.15) is 5.69 Å². The Bertz CT molecular complexity index is 494. The van der Waals surface area contributed by atoms with Crippen LogP contribution in [0.1, 0.15) is 55.6 Å². The summed E-state index contributed by atoms with van der Waals surface area (Å²) in [6.45, 7) is 6.08. The molecule has 0 atom stereocenters. The van der Waals surface area contributed by atoms with E-state index in [0.717, 1.165) is 38.8 Å². The van der Waals surface area contributed by atoms with Gasteiger partial charge in [0.2, 0.25) is 0 Å². The molecule has 2 N–H and O–H groups in total. The van der Waals surface area contributed by atoms with E-state index >= 15 is 0 Å². The van der Waals surface area contributed by atoms with E-state index < -0.39 is 0 Å². The molecule has 114 valence electrons. The van der Waals surface area contributed by atoms with Gasteiger partial charge < -0.3 is 10.6 Å². The molecule has 0 aliphatic rings. The van der Waals surface area contributed by atoms with Crippen molar-refractivity contribution in [2.75, 3.05) is 19.6 Å². The van der Waals surface area contributed by atoms with Gasteiger partial charge in [-0.3, -0.25) is 4.79 Å². The third-order valence-corrected chi connectivity index (χ3v) is 3.19. The minimum absolute atomic E-state index is 0.0289. The van der Waals surface area contributed by atoms with E-state index in [0.29, 0.717) is 11.3 Å². The van der Waals surface area contributed by atoms with Crippen LogP contribution in [0.5, 0.6) is 0 Å². The largest absolute Gasteiger partial charge is 0.337 e. The molecule has 0 spiro atoms. The first-order valence-corrected chi connectivity index (χ1v) is 7.67. The van der Waals surface area contributed by atoms with E-state index in [2.05, 4.69) is 30.7 Å². The molecule has 0 aromatic carbocycles. The van der Waals surface area contributed by atoms with E-state index in [1.807, 2.05) is 11.0 Å². The van der Waals surface area contributed by atoms with Gasteiger partial charge in [0, 0.05) is 19.3 Å². The number of hydrogen-bond acceptors (Lipinski definition) is 3. The highest BCUT2D eigenvalue weighted by Crippen LogP contribution is 2.10. The molecule has 1 heterocycles. The van der Waals surface area contributed by atoms with Gasteiger partial charge in [0.05, 0.1) is 12.1 Å². The highest BCUT2D eigenvalue weighted by molar-refractivity contribution is 5.94. The Morgan fingerprint density at radius 3 is 2.52 bits per heavy atom. The first-order chi connectivity index (χ1) is 10.2. The predicted octanol–water partition coefficient (Wildman–Crippen LogP) is 2.43. The van der Waals surface area contributed by atoms with E-state index in [-0.39, 0.29) is 12.5 Å². The quantitative estimate of drug-likeness (QED) is 0.784. The summed E-state index contributed by atoms with van der Waals surface area (Å²) >= 11 is 0. The molecular formula is C17H25N3O. The summed E-state index contributed by atoms with van der Waals surface area (Å²) in [5.74, 6) is 5.70. The number of carbonyl (C=O) groups excluding carboxylic acids is 1. The molecule has 0 aliphatic heterocycles. The fourth-order valence-electron chi connectivity index (χ4n) is 1.99. The summed E-state index contributed by atoms with van der Waals surface area (Å²) in [5.41, 5.74) is 6.50. The average Bonchev–Trinajstić information content (AvgIpc) is 2.52. The molecule has 4 heteroatoms. The van der Waals surface area contributed by atoms with Gasteiger partial charge in [-0.05, 0) is 25.0 Å². The molecule has 4 nitrogen and oxygen atoms in total. The third-order valence-electron chi connectivity index (χ3n) is 3.19. The molecule has 0 radical (unpaired) electrons. The zero-order valence-electron chi connectivity index (χ0n) is 13.1. The number of pyridine rings is 1. The Balaban J connectivity index is 2.96. The lowest BCUT2D eigenvalue weighted by Gasteiger charge is -2.22. The zero-order valence-corrected chi connectivity index (χ0v) is 13.1. The fraction of sp³-hybridized carbons (Fsp3) is 0.529. The summed E-state index contributed by atoms with van der Waals surface area (Å²) in [6.07, 6.45) is 5.78. The molecule has 0 bridgehead atoms. The molecule has 0 saturated heterocycles. The summed E-state index contributed by atoms with van der Waals surface area (Å²) in [7, 11) is 0. The normalized spacial score (nSPS) is 9.86. The lowest BCUT2D eigenvalue weighted by Crippen LogP contribution is -2.34. The van der Waals surface area contributed by atoms with Crippen LogP contribution in [0.4, 0.5) is 0 Å². The second-order valence-electron chi connectivity index (χ2n) is 4.90. The molecule has 0 fully saturated rings. The minimum atomic E-state index is -0.0289. The van der Waals surface area contributed by atoms with Crippen LogP contribution in [-0.4, -0.2) is 35.4 Å². The Morgan fingerprint density at radius 2 is 1.95 bits per heavy atom. The SMILES string of the molecule is CCCCN(CCCC)C(=O)c1ncccc1C#CCN. The number of hydrogen-bond donors (Lipinski definition) is 1. The van der Waals surface area contributed by atoms with Crippen LogP contribution < -0.4 is 5.73 Å². The number of aromatic nitrogens is 1. The van der Waals surface area contributed by atoms with Crippen molar-refractivity contribution in [3.05, 3.63) is 29.6 Å².